The number of aromatic nitrogens is 5. The fourth-order valence-electron chi connectivity index (χ4n) is 2.68. The lowest BCUT2D eigenvalue weighted by Gasteiger charge is -2.07. The third-order valence-corrected chi connectivity index (χ3v) is 4.01. The lowest BCUT2D eigenvalue weighted by molar-refractivity contribution is 0.0563. The van der Waals surface area contributed by atoms with Gasteiger partial charge in [-0.25, -0.2) is 9.67 Å². The Kier molecular flexibility index (Phi) is 3.19. The van der Waals surface area contributed by atoms with Gasteiger partial charge in [0, 0.05) is 12.1 Å². The molecule has 2 N–H and O–H groups in total. The van der Waals surface area contributed by atoms with Gasteiger partial charge in [-0.15, -0.1) is 0 Å². The number of H-pyrrole nitrogens is 1. The van der Waals surface area contributed by atoms with Gasteiger partial charge in [-0.1, -0.05) is 0 Å². The topological polar surface area (TPSA) is 95.2 Å². The van der Waals surface area contributed by atoms with Crippen molar-refractivity contribution in [2.45, 2.75) is 32.2 Å². The van der Waals surface area contributed by atoms with Gasteiger partial charge in [-0.2, -0.15) is 24.1 Å². The van der Waals surface area contributed by atoms with Crippen LogP contribution in [0, 0.1) is 18.3 Å². The molecule has 1 aliphatic rings. The summed E-state index contributed by atoms with van der Waals surface area (Å²) in [6.07, 6.45) is 4.86. The Hall–Kier alpha value is -3.02. The Balaban J connectivity index is 1.76. The lowest BCUT2D eigenvalue weighted by Crippen LogP contribution is -2.01. The molecule has 0 amide bonds. The molecule has 0 aromatic carbocycles. The number of hydrogen-bond acceptors (Lipinski definition) is 5. The van der Waals surface area contributed by atoms with Gasteiger partial charge in [0.25, 0.3) is 0 Å². The van der Waals surface area contributed by atoms with Crippen molar-refractivity contribution >= 4 is 22.7 Å². The number of anilines is 2. The molecule has 3 heterocycles. The van der Waals surface area contributed by atoms with Crippen molar-refractivity contribution in [3.05, 3.63) is 29.3 Å². The van der Waals surface area contributed by atoms with Crippen LogP contribution in [0.4, 0.5) is 20.4 Å². The molecule has 3 aromatic rings. The van der Waals surface area contributed by atoms with Gasteiger partial charge in [0.2, 0.25) is 5.95 Å². The standard InChI is InChI=1S/C15H13F2N7/c1-7-10(6-24(23-7)14(16)17)20-15-21-12(8-2-3-8)11-9(4-18)5-19-13(11)22-15/h5-6,8,14H,2-3H2,1H3,(H2,19,20,21,22). The summed E-state index contributed by atoms with van der Waals surface area (Å²) in [5, 5.41) is 16.7. The second-order valence-electron chi connectivity index (χ2n) is 5.76. The first-order valence-electron chi connectivity index (χ1n) is 7.47. The van der Waals surface area contributed by atoms with Gasteiger partial charge in [0.15, 0.2) is 0 Å². The van der Waals surface area contributed by atoms with Crippen LogP contribution in [-0.2, 0) is 0 Å². The molecule has 122 valence electrons. The summed E-state index contributed by atoms with van der Waals surface area (Å²) in [4.78, 5) is 11.8. The molecule has 0 radical (unpaired) electrons. The van der Waals surface area contributed by atoms with Gasteiger partial charge in [0.1, 0.15) is 11.7 Å². The van der Waals surface area contributed by atoms with E-state index in [9.17, 15) is 14.0 Å². The average Bonchev–Trinajstić information content (AvgIpc) is 3.22. The molecule has 3 aromatic heterocycles. The molecule has 0 aliphatic heterocycles. The zero-order chi connectivity index (χ0) is 16.8. The third-order valence-electron chi connectivity index (χ3n) is 4.01. The summed E-state index contributed by atoms with van der Waals surface area (Å²) in [6.45, 7) is -1.07. The summed E-state index contributed by atoms with van der Waals surface area (Å²) in [5.74, 6) is 0.608. The van der Waals surface area contributed by atoms with Crippen LogP contribution >= 0.6 is 0 Å². The Labute approximate surface area is 135 Å². The number of nitrogens with one attached hydrogen (secondary N) is 2. The van der Waals surface area contributed by atoms with Crippen LogP contribution in [0.1, 0.15) is 42.3 Å². The summed E-state index contributed by atoms with van der Waals surface area (Å²) in [6, 6.07) is 2.14. The minimum atomic E-state index is -2.70. The van der Waals surface area contributed by atoms with E-state index >= 15 is 0 Å². The quantitative estimate of drug-likeness (QED) is 0.765. The van der Waals surface area contributed by atoms with Crippen molar-refractivity contribution < 1.29 is 8.78 Å². The smallest absolute Gasteiger partial charge is 0.333 e. The zero-order valence-electron chi connectivity index (χ0n) is 12.7. The Morgan fingerprint density at radius 2 is 2.21 bits per heavy atom. The van der Waals surface area contributed by atoms with E-state index in [2.05, 4.69) is 31.4 Å². The Morgan fingerprint density at radius 1 is 1.42 bits per heavy atom. The molecule has 1 aliphatic carbocycles. The summed E-state index contributed by atoms with van der Waals surface area (Å²) in [5.41, 5.74) is 2.74. The molecule has 4 rings (SSSR count). The second-order valence-corrected chi connectivity index (χ2v) is 5.76. The number of alkyl halides is 2. The fourth-order valence-corrected chi connectivity index (χ4v) is 2.68. The SMILES string of the molecule is Cc1nn(C(F)F)cc1Nc1nc(C2CC2)c2c(C#N)c[nH]c2n1. The van der Waals surface area contributed by atoms with Gasteiger partial charge in [-0.3, -0.25) is 0 Å². The number of halogens is 2. The molecule has 0 spiro atoms. The van der Waals surface area contributed by atoms with Crippen LogP contribution in [0.25, 0.3) is 11.0 Å². The maximum absolute atomic E-state index is 12.7. The van der Waals surface area contributed by atoms with E-state index in [4.69, 9.17) is 0 Å². The van der Waals surface area contributed by atoms with E-state index in [0.29, 0.717) is 39.1 Å². The molecule has 1 saturated carbocycles. The van der Waals surface area contributed by atoms with Crippen LogP contribution < -0.4 is 5.32 Å². The van der Waals surface area contributed by atoms with Crippen LogP contribution in [0.5, 0.6) is 0 Å². The largest absolute Gasteiger partial charge is 0.345 e. The van der Waals surface area contributed by atoms with Crippen LogP contribution in [-0.4, -0.2) is 24.7 Å². The lowest BCUT2D eigenvalue weighted by atomic mass is 10.1. The van der Waals surface area contributed by atoms with E-state index in [1.807, 2.05) is 0 Å². The molecule has 7 nitrogen and oxygen atoms in total. The summed E-state index contributed by atoms with van der Waals surface area (Å²) < 4.78 is 26.1. The summed E-state index contributed by atoms with van der Waals surface area (Å²) in [7, 11) is 0. The minimum Gasteiger partial charge on any atom is -0.345 e. The van der Waals surface area contributed by atoms with E-state index < -0.39 is 6.55 Å². The first kappa shape index (κ1) is 14.6. The van der Waals surface area contributed by atoms with E-state index in [0.717, 1.165) is 23.9 Å². The monoisotopic (exact) mass is 329 g/mol. The molecule has 24 heavy (non-hydrogen) atoms. The van der Waals surface area contributed by atoms with E-state index in [1.165, 1.54) is 6.20 Å². The molecular weight excluding hydrogens is 316 g/mol. The third kappa shape index (κ3) is 2.36. The highest BCUT2D eigenvalue weighted by atomic mass is 19.3. The van der Waals surface area contributed by atoms with E-state index in [1.54, 1.807) is 13.1 Å². The van der Waals surface area contributed by atoms with Crippen molar-refractivity contribution in [3.63, 3.8) is 0 Å². The van der Waals surface area contributed by atoms with Gasteiger partial charge >= 0.3 is 6.55 Å². The molecule has 0 unspecified atom stereocenters. The molecule has 0 bridgehead atoms. The van der Waals surface area contributed by atoms with Crippen molar-refractivity contribution in [2.75, 3.05) is 5.32 Å². The number of fused-ring (bicyclic) bond motifs is 1. The maximum Gasteiger partial charge on any atom is 0.333 e. The van der Waals surface area contributed by atoms with Crippen LogP contribution in [0.15, 0.2) is 12.4 Å². The number of hydrogen-bond donors (Lipinski definition) is 2. The molecule has 0 saturated heterocycles. The van der Waals surface area contributed by atoms with Crippen molar-refractivity contribution in [1.29, 1.82) is 5.26 Å². The number of rotatable bonds is 4. The fraction of sp³-hybridized carbons (Fsp3) is 0.333. The van der Waals surface area contributed by atoms with Crippen molar-refractivity contribution in [3.8, 4) is 6.07 Å². The maximum atomic E-state index is 12.7. The first-order valence-corrected chi connectivity index (χ1v) is 7.47. The molecular formula is C15H13F2N7. The van der Waals surface area contributed by atoms with Gasteiger partial charge < -0.3 is 10.3 Å². The Bertz CT molecular complexity index is 962. The van der Waals surface area contributed by atoms with E-state index in [-0.39, 0.29) is 0 Å². The predicted molar refractivity (Wildman–Crippen MR) is 82.1 cm³/mol. The number of nitrogens with zero attached hydrogens (tertiary/aromatic N) is 5. The minimum absolute atomic E-state index is 0.299. The van der Waals surface area contributed by atoms with Crippen molar-refractivity contribution in [2.24, 2.45) is 0 Å². The highest BCUT2D eigenvalue weighted by Gasteiger charge is 2.29. The average molecular weight is 329 g/mol. The first-order chi connectivity index (χ1) is 11.6. The number of aryl methyl sites for hydroxylation is 1. The molecule has 9 heteroatoms. The highest BCUT2D eigenvalue weighted by Crippen LogP contribution is 2.43. The summed E-state index contributed by atoms with van der Waals surface area (Å²) >= 11 is 0. The van der Waals surface area contributed by atoms with Crippen molar-refractivity contribution in [1.82, 2.24) is 24.7 Å². The van der Waals surface area contributed by atoms with Gasteiger partial charge in [-0.05, 0) is 19.8 Å². The number of aromatic amines is 1. The highest BCUT2D eigenvalue weighted by molar-refractivity contribution is 5.86. The second kappa shape index (κ2) is 5.26. The Morgan fingerprint density at radius 3 is 2.83 bits per heavy atom. The number of nitriles is 1. The molecule has 1 fully saturated rings. The van der Waals surface area contributed by atoms with Gasteiger partial charge in [0.05, 0.1) is 34.2 Å². The molecule has 0 atom stereocenters. The predicted octanol–water partition coefficient (Wildman–Crippen LogP) is 3.35. The van der Waals surface area contributed by atoms with Crippen LogP contribution in [0.3, 0.4) is 0 Å². The van der Waals surface area contributed by atoms with Crippen LogP contribution in [0.2, 0.25) is 0 Å². The zero-order valence-corrected chi connectivity index (χ0v) is 12.7. The normalized spacial score (nSPS) is 14.3.